The first kappa shape index (κ1) is 22.2. The molecule has 0 aliphatic rings. The van der Waals surface area contributed by atoms with Gasteiger partial charge in [-0.3, -0.25) is 10.1 Å². The summed E-state index contributed by atoms with van der Waals surface area (Å²) in [4.78, 5) is 10.9. The van der Waals surface area contributed by atoms with Crippen LogP contribution in [0.3, 0.4) is 0 Å². The van der Waals surface area contributed by atoms with Crippen molar-refractivity contribution in [1.29, 1.82) is 0 Å². The number of ether oxygens (including phenoxy) is 2. The number of benzene rings is 2. The number of halogens is 4. The summed E-state index contributed by atoms with van der Waals surface area (Å²) in [5.41, 5.74) is -0.651. The lowest BCUT2D eigenvalue weighted by molar-refractivity contribution is -0.386. The summed E-state index contributed by atoms with van der Waals surface area (Å²) in [6, 6.07) is 5.54. The molecule has 1 unspecified atom stereocenters. The first-order valence-electron chi connectivity index (χ1n) is 8.36. The molecule has 10 heteroatoms. The summed E-state index contributed by atoms with van der Waals surface area (Å²) < 4.78 is 49.5. The highest BCUT2D eigenvalue weighted by atomic mass is 35.5. The highest BCUT2D eigenvalue weighted by Crippen LogP contribution is 2.40. The average Bonchev–Trinajstić information content (AvgIpc) is 2.62. The summed E-state index contributed by atoms with van der Waals surface area (Å²) in [6.07, 6.45) is -2.97. The molecule has 1 atom stereocenters. The Kier molecular flexibility index (Phi) is 7.49. The number of nitro groups is 1. The van der Waals surface area contributed by atoms with Crippen LogP contribution in [0, 0.1) is 10.1 Å². The molecule has 0 fully saturated rings. The highest BCUT2D eigenvalue weighted by Gasteiger charge is 2.31. The monoisotopic (exact) mass is 435 g/mol. The van der Waals surface area contributed by atoms with Gasteiger partial charge in [0.1, 0.15) is 17.8 Å². The molecule has 5 nitrogen and oxygen atoms in total. The molecule has 0 bridgehead atoms. The van der Waals surface area contributed by atoms with E-state index in [1.165, 1.54) is 12.1 Å². The maximum Gasteiger partial charge on any atom is 0.416 e. The quantitative estimate of drug-likeness (QED) is 0.201. The van der Waals surface area contributed by atoms with E-state index in [0.717, 1.165) is 24.4 Å². The lowest BCUT2D eigenvalue weighted by atomic mass is 10.1. The van der Waals surface area contributed by atoms with Crippen LogP contribution in [0.4, 0.5) is 18.9 Å². The van der Waals surface area contributed by atoms with Crippen molar-refractivity contribution in [3.63, 3.8) is 0 Å². The molecule has 152 valence electrons. The minimum Gasteiger partial charge on any atom is -0.482 e. The zero-order chi connectivity index (χ0) is 20.9. The molecule has 0 saturated heterocycles. The third kappa shape index (κ3) is 5.49. The van der Waals surface area contributed by atoms with Crippen LogP contribution in [0.2, 0.25) is 5.02 Å². The number of rotatable bonds is 8. The van der Waals surface area contributed by atoms with E-state index in [-0.39, 0.29) is 28.0 Å². The molecule has 0 heterocycles. The number of alkyl halides is 3. The molecule has 0 amide bonds. The van der Waals surface area contributed by atoms with E-state index in [4.69, 9.17) is 21.1 Å². The molecule has 0 N–H and O–H groups in total. The number of aryl methyl sites for hydroxylation is 1. The van der Waals surface area contributed by atoms with Crippen molar-refractivity contribution in [2.24, 2.45) is 0 Å². The minimum absolute atomic E-state index is 0.00644. The first-order chi connectivity index (χ1) is 13.2. The second-order valence-corrected chi connectivity index (χ2v) is 7.58. The molecule has 0 aliphatic carbocycles. The molecule has 0 aliphatic heterocycles. The Balaban J connectivity index is 2.40. The van der Waals surface area contributed by atoms with E-state index >= 15 is 0 Å². The Hall–Kier alpha value is -2.05. The molecule has 0 saturated carbocycles. The molecule has 0 spiro atoms. The zero-order valence-corrected chi connectivity index (χ0v) is 16.9. The number of hydrogen-bond acceptors (Lipinski definition) is 4. The lowest BCUT2D eigenvalue weighted by Gasteiger charge is -2.14. The Morgan fingerprint density at radius 1 is 1.18 bits per heavy atom. The summed E-state index contributed by atoms with van der Waals surface area (Å²) in [5, 5.41) is 11.2. The average molecular weight is 436 g/mol. The fourth-order valence-corrected chi connectivity index (χ4v) is 3.08. The fraction of sp³-hybridized carbons (Fsp3) is 0.333. The molecular formula is C18H18ClF3NO4P. The highest BCUT2D eigenvalue weighted by molar-refractivity contribution is 7.37. The van der Waals surface area contributed by atoms with E-state index in [0.29, 0.717) is 26.9 Å². The molecule has 2 aromatic carbocycles. The molecule has 0 aromatic heterocycles. The third-order valence-corrected chi connectivity index (χ3v) is 4.90. The number of nitrogens with zero attached hydrogens (tertiary/aromatic N) is 1. The van der Waals surface area contributed by atoms with Crippen molar-refractivity contribution >= 4 is 25.9 Å². The second kappa shape index (κ2) is 9.43. The third-order valence-electron chi connectivity index (χ3n) is 3.76. The topological polar surface area (TPSA) is 61.6 Å². The normalized spacial score (nSPS) is 11.8. The Morgan fingerprint density at radius 3 is 2.43 bits per heavy atom. The van der Waals surface area contributed by atoms with E-state index in [1.807, 2.05) is 6.92 Å². The van der Waals surface area contributed by atoms with Crippen LogP contribution in [0.15, 0.2) is 30.3 Å². The maximum atomic E-state index is 12.8. The summed E-state index contributed by atoms with van der Waals surface area (Å²) in [5.74, 6) is 0.259. The zero-order valence-electron chi connectivity index (χ0n) is 15.1. The summed E-state index contributed by atoms with van der Waals surface area (Å²) in [6.45, 7) is 3.72. The number of nitro benzene ring substituents is 1. The number of hydrogen-bond donors (Lipinski definition) is 0. The van der Waals surface area contributed by atoms with Crippen LogP contribution >= 0.6 is 20.2 Å². The molecule has 2 aromatic rings. The van der Waals surface area contributed by atoms with Crippen molar-refractivity contribution in [2.45, 2.75) is 26.4 Å². The van der Waals surface area contributed by atoms with Crippen LogP contribution in [-0.4, -0.2) is 17.4 Å². The summed E-state index contributed by atoms with van der Waals surface area (Å²) in [7, 11) is 0.476. The van der Waals surface area contributed by atoms with Gasteiger partial charge < -0.3 is 9.47 Å². The van der Waals surface area contributed by atoms with Crippen LogP contribution in [-0.2, 0) is 12.6 Å². The van der Waals surface area contributed by atoms with Gasteiger partial charge in [-0.25, -0.2) is 0 Å². The van der Waals surface area contributed by atoms with Crippen molar-refractivity contribution in [1.82, 2.24) is 0 Å². The van der Waals surface area contributed by atoms with Gasteiger partial charge in [0, 0.05) is 11.6 Å². The van der Waals surface area contributed by atoms with Crippen LogP contribution in [0.1, 0.15) is 25.0 Å². The predicted octanol–water partition coefficient (Wildman–Crippen LogP) is 6.66. The standard InChI is InChI=1S/C18H18ClF3NO4P/c1-3-11-7-13(9-16(17(11)23(24)25)26-10-28-4-2)27-15-6-5-12(8-14(15)19)18(20,21)22/h5-9,28H,3-4,10H2,1-2H3. The van der Waals surface area contributed by atoms with Gasteiger partial charge in [0.25, 0.3) is 0 Å². The van der Waals surface area contributed by atoms with Gasteiger partial charge in [-0.05, 0) is 36.8 Å². The van der Waals surface area contributed by atoms with E-state index < -0.39 is 16.7 Å². The van der Waals surface area contributed by atoms with Gasteiger partial charge in [0.15, 0.2) is 0 Å². The van der Waals surface area contributed by atoms with Gasteiger partial charge in [-0.15, -0.1) is 0 Å². The van der Waals surface area contributed by atoms with E-state index in [9.17, 15) is 23.3 Å². The maximum absolute atomic E-state index is 12.8. The van der Waals surface area contributed by atoms with Gasteiger partial charge >= 0.3 is 11.9 Å². The van der Waals surface area contributed by atoms with Gasteiger partial charge in [-0.1, -0.05) is 34.0 Å². The Bertz CT molecular complexity index is 861. The van der Waals surface area contributed by atoms with Crippen LogP contribution < -0.4 is 9.47 Å². The molecular weight excluding hydrogens is 418 g/mol. The van der Waals surface area contributed by atoms with Crippen LogP contribution in [0.25, 0.3) is 0 Å². The van der Waals surface area contributed by atoms with Crippen molar-refractivity contribution in [3.05, 3.63) is 56.6 Å². The first-order valence-corrected chi connectivity index (χ1v) is 10.2. The van der Waals surface area contributed by atoms with Crippen molar-refractivity contribution < 1.29 is 27.6 Å². The van der Waals surface area contributed by atoms with Crippen molar-refractivity contribution in [2.75, 3.05) is 12.5 Å². The second-order valence-electron chi connectivity index (χ2n) is 5.68. The van der Waals surface area contributed by atoms with Crippen LogP contribution in [0.5, 0.6) is 17.2 Å². The smallest absolute Gasteiger partial charge is 0.416 e. The Morgan fingerprint density at radius 2 is 1.89 bits per heavy atom. The Labute approximate surface area is 166 Å². The predicted molar refractivity (Wildman–Crippen MR) is 103 cm³/mol. The molecule has 2 rings (SSSR count). The van der Waals surface area contributed by atoms with Crippen molar-refractivity contribution in [3.8, 4) is 17.2 Å². The van der Waals surface area contributed by atoms with Gasteiger partial charge in [0.05, 0.1) is 15.5 Å². The molecule has 28 heavy (non-hydrogen) atoms. The fourth-order valence-electron chi connectivity index (χ4n) is 2.40. The van der Waals surface area contributed by atoms with Gasteiger partial charge in [-0.2, -0.15) is 13.2 Å². The minimum atomic E-state index is -4.52. The largest absolute Gasteiger partial charge is 0.482 e. The van der Waals surface area contributed by atoms with E-state index in [1.54, 1.807) is 6.92 Å². The SMILES string of the molecule is CCPCOc1cc(Oc2ccc(C(F)(F)F)cc2Cl)cc(CC)c1[N+](=O)[O-]. The molecule has 0 radical (unpaired) electrons. The van der Waals surface area contributed by atoms with Gasteiger partial charge in [0.2, 0.25) is 5.75 Å². The van der Waals surface area contributed by atoms with E-state index in [2.05, 4.69) is 0 Å². The summed E-state index contributed by atoms with van der Waals surface area (Å²) >= 11 is 5.92. The lowest BCUT2D eigenvalue weighted by Crippen LogP contribution is -2.04.